The number of nitrogens with zero attached hydrogens (tertiary/aromatic N) is 1. The van der Waals surface area contributed by atoms with Crippen molar-refractivity contribution >= 4 is 25.6 Å². The highest BCUT2D eigenvalue weighted by Crippen LogP contribution is 2.36. The smallest absolute Gasteiger partial charge is 0.348 e. The van der Waals surface area contributed by atoms with Crippen LogP contribution in [0.25, 0.3) is 0 Å². The van der Waals surface area contributed by atoms with Crippen molar-refractivity contribution in [3.05, 3.63) is 53.3 Å². The standard InChI is InChI=1S/C21H20F6N2O5S2/c1-11(2)35(31,32)17-7-13(21(25,26)27)10-28-18(17)19(30)29-14-8-16(9-14)36(33,34)15-5-3-4-12(6-15)20(22,23)24/h3-7,10-11,14,16H,8-9H2,1-2H3,(H,29,30). The third-order valence-electron chi connectivity index (χ3n) is 5.68. The largest absolute Gasteiger partial charge is 0.417 e. The van der Waals surface area contributed by atoms with E-state index in [1.807, 2.05) is 0 Å². The van der Waals surface area contributed by atoms with Gasteiger partial charge in [0, 0.05) is 12.2 Å². The number of benzene rings is 1. The summed E-state index contributed by atoms with van der Waals surface area (Å²) in [5.41, 5.74) is -3.28. The van der Waals surface area contributed by atoms with Crippen LogP contribution in [-0.2, 0) is 32.0 Å². The van der Waals surface area contributed by atoms with Gasteiger partial charge in [-0.25, -0.2) is 21.8 Å². The number of hydrogen-bond donors (Lipinski definition) is 1. The van der Waals surface area contributed by atoms with Crippen LogP contribution < -0.4 is 5.32 Å². The van der Waals surface area contributed by atoms with Crippen LogP contribution >= 0.6 is 0 Å². The van der Waals surface area contributed by atoms with Crippen molar-refractivity contribution in [3.8, 4) is 0 Å². The van der Waals surface area contributed by atoms with E-state index in [4.69, 9.17) is 0 Å². The van der Waals surface area contributed by atoms with Crippen LogP contribution in [-0.4, -0.2) is 44.3 Å². The molecule has 1 saturated carbocycles. The average Bonchev–Trinajstić information content (AvgIpc) is 2.73. The molecule has 1 N–H and O–H groups in total. The second kappa shape index (κ2) is 9.32. The molecule has 1 aromatic heterocycles. The molecule has 1 fully saturated rings. The fraction of sp³-hybridized carbons (Fsp3) is 0.429. The molecule has 15 heteroatoms. The molecule has 1 amide bonds. The number of pyridine rings is 1. The summed E-state index contributed by atoms with van der Waals surface area (Å²) in [4.78, 5) is 14.6. The number of carbonyl (C=O) groups is 1. The predicted molar refractivity (Wildman–Crippen MR) is 114 cm³/mol. The highest BCUT2D eigenvalue weighted by atomic mass is 32.2. The number of sulfone groups is 2. The fourth-order valence-electron chi connectivity index (χ4n) is 3.47. The molecular formula is C21H20F6N2O5S2. The van der Waals surface area contributed by atoms with Gasteiger partial charge in [-0.3, -0.25) is 4.79 Å². The van der Waals surface area contributed by atoms with Gasteiger partial charge in [0.25, 0.3) is 5.91 Å². The summed E-state index contributed by atoms with van der Waals surface area (Å²) in [6, 6.07) is 2.71. The van der Waals surface area contributed by atoms with Crippen molar-refractivity contribution in [1.82, 2.24) is 10.3 Å². The van der Waals surface area contributed by atoms with E-state index in [0.717, 1.165) is 18.2 Å². The number of nitrogens with one attached hydrogen (secondary N) is 1. The van der Waals surface area contributed by atoms with Crippen molar-refractivity contribution in [2.45, 2.75) is 65.4 Å². The first kappa shape index (κ1) is 27.9. The highest BCUT2D eigenvalue weighted by Gasteiger charge is 2.42. The van der Waals surface area contributed by atoms with E-state index in [1.165, 1.54) is 13.8 Å². The Morgan fingerprint density at radius 2 is 1.56 bits per heavy atom. The van der Waals surface area contributed by atoms with E-state index >= 15 is 0 Å². The van der Waals surface area contributed by atoms with Crippen molar-refractivity contribution in [1.29, 1.82) is 0 Å². The van der Waals surface area contributed by atoms with Gasteiger partial charge in [0.15, 0.2) is 19.7 Å². The van der Waals surface area contributed by atoms with Crippen molar-refractivity contribution in [3.63, 3.8) is 0 Å². The van der Waals surface area contributed by atoms with Gasteiger partial charge in [0.2, 0.25) is 0 Å². The fourth-order valence-corrected chi connectivity index (χ4v) is 6.60. The molecule has 36 heavy (non-hydrogen) atoms. The molecule has 1 aliphatic carbocycles. The van der Waals surface area contributed by atoms with Gasteiger partial charge in [0.05, 0.1) is 31.4 Å². The maximum atomic E-state index is 13.1. The summed E-state index contributed by atoms with van der Waals surface area (Å²) in [7, 11) is -8.53. The van der Waals surface area contributed by atoms with Crippen LogP contribution in [0.4, 0.5) is 26.3 Å². The topological polar surface area (TPSA) is 110 Å². The van der Waals surface area contributed by atoms with Crippen molar-refractivity contribution in [2.75, 3.05) is 0 Å². The third kappa shape index (κ3) is 5.51. The molecule has 3 rings (SSSR count). The Morgan fingerprint density at radius 1 is 0.972 bits per heavy atom. The molecule has 0 saturated heterocycles. The Morgan fingerprint density at radius 3 is 2.08 bits per heavy atom. The van der Waals surface area contributed by atoms with Gasteiger partial charge in [0.1, 0.15) is 5.69 Å². The summed E-state index contributed by atoms with van der Waals surface area (Å²) >= 11 is 0. The van der Waals surface area contributed by atoms with Gasteiger partial charge in [-0.1, -0.05) is 6.07 Å². The van der Waals surface area contributed by atoms with Crippen LogP contribution in [0.15, 0.2) is 46.3 Å². The van der Waals surface area contributed by atoms with E-state index in [2.05, 4.69) is 10.3 Å². The molecule has 198 valence electrons. The lowest BCUT2D eigenvalue weighted by Crippen LogP contribution is -2.50. The van der Waals surface area contributed by atoms with Crippen LogP contribution in [0.3, 0.4) is 0 Å². The minimum atomic E-state index is -4.91. The maximum Gasteiger partial charge on any atom is 0.417 e. The second-order valence-electron chi connectivity index (χ2n) is 8.50. The maximum absolute atomic E-state index is 13.1. The van der Waals surface area contributed by atoms with Crippen molar-refractivity contribution in [2.24, 2.45) is 0 Å². The molecule has 0 radical (unpaired) electrons. The molecule has 0 aliphatic heterocycles. The van der Waals surface area contributed by atoms with Crippen LogP contribution in [0.5, 0.6) is 0 Å². The van der Waals surface area contributed by atoms with Gasteiger partial charge in [-0.15, -0.1) is 0 Å². The Hall–Kier alpha value is -2.68. The zero-order valence-electron chi connectivity index (χ0n) is 18.7. The number of alkyl halides is 6. The van der Waals surface area contributed by atoms with E-state index in [0.29, 0.717) is 18.3 Å². The number of rotatable bonds is 6. The summed E-state index contributed by atoms with van der Waals surface area (Å²) in [6.07, 6.45) is -9.74. The number of halogens is 6. The summed E-state index contributed by atoms with van der Waals surface area (Å²) in [6.45, 7) is 2.43. The van der Waals surface area contributed by atoms with E-state index in [9.17, 15) is 48.0 Å². The molecule has 1 aromatic carbocycles. The first-order chi connectivity index (χ1) is 16.3. The summed E-state index contributed by atoms with van der Waals surface area (Å²) < 4.78 is 129. The van der Waals surface area contributed by atoms with Crippen LogP contribution in [0, 0.1) is 0 Å². The number of amides is 1. The number of aromatic nitrogens is 1. The van der Waals surface area contributed by atoms with Gasteiger partial charge >= 0.3 is 12.4 Å². The van der Waals surface area contributed by atoms with Crippen molar-refractivity contribution < 1.29 is 48.0 Å². The zero-order chi connectivity index (χ0) is 27.3. The minimum absolute atomic E-state index is 0.197. The molecule has 7 nitrogen and oxygen atoms in total. The van der Waals surface area contributed by atoms with E-state index in [-0.39, 0.29) is 12.8 Å². The lowest BCUT2D eigenvalue weighted by molar-refractivity contribution is -0.138. The Kier molecular flexibility index (Phi) is 7.22. The summed E-state index contributed by atoms with van der Waals surface area (Å²) in [5, 5.41) is 0.0535. The first-order valence-electron chi connectivity index (χ1n) is 10.4. The first-order valence-corrected chi connectivity index (χ1v) is 13.5. The van der Waals surface area contributed by atoms with Crippen LogP contribution in [0.1, 0.15) is 48.3 Å². The number of carbonyl (C=O) groups excluding carboxylic acids is 1. The lowest BCUT2D eigenvalue weighted by atomic mass is 9.92. The number of hydrogen-bond acceptors (Lipinski definition) is 6. The zero-order valence-corrected chi connectivity index (χ0v) is 20.3. The quantitative estimate of drug-likeness (QED) is 0.536. The minimum Gasteiger partial charge on any atom is -0.348 e. The molecule has 1 aliphatic rings. The Balaban J connectivity index is 1.80. The molecule has 0 bridgehead atoms. The normalized spacial score (nSPS) is 19.1. The molecule has 0 atom stereocenters. The molecule has 2 aromatic rings. The van der Waals surface area contributed by atoms with Crippen LogP contribution in [0.2, 0.25) is 0 Å². The Bertz CT molecular complexity index is 1380. The van der Waals surface area contributed by atoms with Gasteiger partial charge in [-0.2, -0.15) is 26.3 Å². The second-order valence-corrected chi connectivity index (χ2v) is 13.2. The van der Waals surface area contributed by atoms with E-state index < -0.39 is 81.1 Å². The molecular weight excluding hydrogens is 538 g/mol. The van der Waals surface area contributed by atoms with Gasteiger partial charge in [-0.05, 0) is 51.0 Å². The molecule has 0 unspecified atom stereocenters. The Labute approximate surface area is 202 Å². The molecule has 0 spiro atoms. The SMILES string of the molecule is CC(C)S(=O)(=O)c1cc(C(F)(F)F)cnc1C(=O)NC1CC(S(=O)(=O)c2cccc(C(F)(F)F)c2)C1. The summed E-state index contributed by atoms with van der Waals surface area (Å²) in [5.74, 6) is -1.12. The third-order valence-corrected chi connectivity index (χ3v) is 10.0. The highest BCUT2D eigenvalue weighted by molar-refractivity contribution is 7.92. The lowest BCUT2D eigenvalue weighted by Gasteiger charge is -2.35. The predicted octanol–water partition coefficient (Wildman–Crippen LogP) is 4.04. The average molecular weight is 559 g/mol. The monoisotopic (exact) mass is 558 g/mol. The molecule has 1 heterocycles. The van der Waals surface area contributed by atoms with E-state index in [1.54, 1.807) is 0 Å². The van der Waals surface area contributed by atoms with Gasteiger partial charge < -0.3 is 5.32 Å².